The van der Waals surface area contributed by atoms with Crippen LogP contribution in [0.4, 0.5) is 14.6 Å². The van der Waals surface area contributed by atoms with Gasteiger partial charge in [0.2, 0.25) is 5.91 Å². The molecule has 0 spiro atoms. The summed E-state index contributed by atoms with van der Waals surface area (Å²) < 4.78 is 27.0. The van der Waals surface area contributed by atoms with E-state index < -0.39 is 11.6 Å². The molecule has 0 aliphatic carbocycles. The SMILES string of the molecule is Cc1ncnc(N2CCN(Cc3cc(F)ccc3F)C(=O)C2)c1C. The third-order valence-electron chi connectivity index (χ3n) is 4.30. The predicted molar refractivity (Wildman–Crippen MR) is 85.5 cm³/mol. The predicted octanol–water partition coefficient (Wildman–Crippen LogP) is 2.22. The summed E-state index contributed by atoms with van der Waals surface area (Å²) in [6.45, 7) is 5.05. The number of hydrogen-bond acceptors (Lipinski definition) is 4. The zero-order valence-corrected chi connectivity index (χ0v) is 13.6. The number of amides is 1. The van der Waals surface area contributed by atoms with Crippen molar-refractivity contribution in [1.82, 2.24) is 14.9 Å². The van der Waals surface area contributed by atoms with Gasteiger partial charge in [-0.2, -0.15) is 0 Å². The quantitative estimate of drug-likeness (QED) is 0.865. The van der Waals surface area contributed by atoms with Crippen molar-refractivity contribution in [3.63, 3.8) is 0 Å². The largest absolute Gasteiger partial charge is 0.345 e. The monoisotopic (exact) mass is 332 g/mol. The first-order chi connectivity index (χ1) is 11.5. The van der Waals surface area contributed by atoms with E-state index in [1.807, 2.05) is 18.7 Å². The van der Waals surface area contributed by atoms with Gasteiger partial charge < -0.3 is 9.80 Å². The smallest absolute Gasteiger partial charge is 0.242 e. The van der Waals surface area contributed by atoms with Crippen LogP contribution in [-0.2, 0) is 11.3 Å². The molecule has 0 N–H and O–H groups in total. The second-order valence-electron chi connectivity index (χ2n) is 5.88. The molecule has 1 aromatic carbocycles. The lowest BCUT2D eigenvalue weighted by Crippen LogP contribution is -2.50. The van der Waals surface area contributed by atoms with Crippen molar-refractivity contribution < 1.29 is 13.6 Å². The molecule has 5 nitrogen and oxygen atoms in total. The van der Waals surface area contributed by atoms with Gasteiger partial charge in [0.25, 0.3) is 0 Å². The number of carbonyl (C=O) groups excluding carboxylic acids is 1. The van der Waals surface area contributed by atoms with Crippen molar-refractivity contribution in [2.45, 2.75) is 20.4 Å². The molecule has 2 aromatic rings. The molecule has 1 aromatic heterocycles. The fraction of sp³-hybridized carbons (Fsp3) is 0.353. The fourth-order valence-electron chi connectivity index (χ4n) is 2.77. The maximum atomic E-state index is 13.8. The number of carbonyl (C=O) groups is 1. The Balaban J connectivity index is 1.73. The average Bonchev–Trinajstić information content (AvgIpc) is 2.55. The van der Waals surface area contributed by atoms with Crippen LogP contribution in [0.5, 0.6) is 0 Å². The number of benzene rings is 1. The summed E-state index contributed by atoms with van der Waals surface area (Å²) in [4.78, 5) is 24.2. The molecule has 1 amide bonds. The third-order valence-corrected chi connectivity index (χ3v) is 4.30. The maximum absolute atomic E-state index is 13.8. The summed E-state index contributed by atoms with van der Waals surface area (Å²) >= 11 is 0. The summed E-state index contributed by atoms with van der Waals surface area (Å²) in [5, 5.41) is 0. The topological polar surface area (TPSA) is 49.3 Å². The van der Waals surface area contributed by atoms with E-state index in [1.54, 1.807) is 0 Å². The number of rotatable bonds is 3. The van der Waals surface area contributed by atoms with Crippen molar-refractivity contribution in [2.75, 3.05) is 24.5 Å². The van der Waals surface area contributed by atoms with Gasteiger partial charge in [-0.3, -0.25) is 4.79 Å². The molecule has 1 fully saturated rings. The van der Waals surface area contributed by atoms with E-state index in [0.717, 1.165) is 35.3 Å². The molecule has 0 unspecified atom stereocenters. The Morgan fingerprint density at radius 1 is 1.17 bits per heavy atom. The van der Waals surface area contributed by atoms with E-state index in [0.29, 0.717) is 13.1 Å². The second kappa shape index (κ2) is 6.51. The molecule has 0 atom stereocenters. The second-order valence-corrected chi connectivity index (χ2v) is 5.88. The summed E-state index contributed by atoms with van der Waals surface area (Å²) in [5.41, 5.74) is 2.00. The highest BCUT2D eigenvalue weighted by atomic mass is 19.1. The van der Waals surface area contributed by atoms with Gasteiger partial charge >= 0.3 is 0 Å². The Hall–Kier alpha value is -2.57. The molecule has 3 rings (SSSR count). The van der Waals surface area contributed by atoms with Crippen LogP contribution >= 0.6 is 0 Å². The molecule has 1 aliphatic rings. The number of anilines is 1. The van der Waals surface area contributed by atoms with Crippen LogP contribution in [0.2, 0.25) is 0 Å². The van der Waals surface area contributed by atoms with Crippen LogP contribution < -0.4 is 4.90 Å². The highest BCUT2D eigenvalue weighted by molar-refractivity contribution is 5.82. The van der Waals surface area contributed by atoms with Crippen LogP contribution in [0.25, 0.3) is 0 Å². The van der Waals surface area contributed by atoms with Crippen molar-refractivity contribution >= 4 is 11.7 Å². The lowest BCUT2D eigenvalue weighted by atomic mass is 10.1. The minimum absolute atomic E-state index is 0.0675. The molecule has 2 heterocycles. The molecule has 24 heavy (non-hydrogen) atoms. The molecular formula is C17H18F2N4O. The Bertz CT molecular complexity index is 781. The minimum Gasteiger partial charge on any atom is -0.345 e. The lowest BCUT2D eigenvalue weighted by Gasteiger charge is -2.35. The average molecular weight is 332 g/mol. The van der Waals surface area contributed by atoms with Crippen LogP contribution in [0.3, 0.4) is 0 Å². The van der Waals surface area contributed by atoms with E-state index in [9.17, 15) is 13.6 Å². The number of nitrogens with zero attached hydrogens (tertiary/aromatic N) is 4. The summed E-state index contributed by atoms with van der Waals surface area (Å²) in [7, 11) is 0. The van der Waals surface area contributed by atoms with Gasteiger partial charge in [0.05, 0.1) is 6.54 Å². The van der Waals surface area contributed by atoms with E-state index in [4.69, 9.17) is 0 Å². The van der Waals surface area contributed by atoms with Crippen LogP contribution in [-0.4, -0.2) is 40.4 Å². The van der Waals surface area contributed by atoms with Gasteiger partial charge in [0, 0.05) is 36.5 Å². The van der Waals surface area contributed by atoms with Crippen molar-refractivity contribution in [2.24, 2.45) is 0 Å². The number of aryl methyl sites for hydroxylation is 1. The first kappa shape index (κ1) is 16.3. The van der Waals surface area contributed by atoms with E-state index >= 15 is 0 Å². The molecule has 0 bridgehead atoms. The first-order valence-corrected chi connectivity index (χ1v) is 7.70. The number of hydrogen-bond donors (Lipinski definition) is 0. The molecule has 1 aliphatic heterocycles. The zero-order chi connectivity index (χ0) is 17.3. The Morgan fingerprint density at radius 2 is 1.96 bits per heavy atom. The van der Waals surface area contributed by atoms with Crippen LogP contribution in [0, 0.1) is 25.5 Å². The lowest BCUT2D eigenvalue weighted by molar-refractivity contribution is -0.131. The Labute approximate surface area is 138 Å². The van der Waals surface area contributed by atoms with Crippen molar-refractivity contribution in [3.8, 4) is 0 Å². The van der Waals surface area contributed by atoms with Crippen molar-refractivity contribution in [3.05, 3.63) is 53.0 Å². The molecule has 126 valence electrons. The van der Waals surface area contributed by atoms with Gasteiger partial charge in [0.15, 0.2) is 0 Å². The van der Waals surface area contributed by atoms with Gasteiger partial charge in [-0.25, -0.2) is 18.7 Å². The van der Waals surface area contributed by atoms with Gasteiger partial charge in [0.1, 0.15) is 23.8 Å². The molecular weight excluding hydrogens is 314 g/mol. The van der Waals surface area contributed by atoms with Gasteiger partial charge in [-0.05, 0) is 32.0 Å². The van der Waals surface area contributed by atoms with Crippen molar-refractivity contribution in [1.29, 1.82) is 0 Å². The van der Waals surface area contributed by atoms with Gasteiger partial charge in [-0.1, -0.05) is 0 Å². The summed E-state index contributed by atoms with van der Waals surface area (Å²) in [5.74, 6) is -0.411. The zero-order valence-electron chi connectivity index (χ0n) is 13.6. The number of piperazine rings is 1. The highest BCUT2D eigenvalue weighted by Crippen LogP contribution is 2.21. The minimum atomic E-state index is -0.510. The van der Waals surface area contributed by atoms with Gasteiger partial charge in [-0.15, -0.1) is 0 Å². The standard InChI is InChI=1S/C17H18F2N4O/c1-11-12(2)20-10-21-17(11)23-6-5-22(16(24)9-23)8-13-7-14(18)3-4-15(13)19/h3-4,7,10H,5-6,8-9H2,1-2H3. The maximum Gasteiger partial charge on any atom is 0.242 e. The Morgan fingerprint density at radius 3 is 2.71 bits per heavy atom. The summed E-state index contributed by atoms with van der Waals surface area (Å²) in [6, 6.07) is 3.28. The highest BCUT2D eigenvalue weighted by Gasteiger charge is 2.26. The Kier molecular flexibility index (Phi) is 4.42. The summed E-state index contributed by atoms with van der Waals surface area (Å²) in [6.07, 6.45) is 1.48. The number of aromatic nitrogens is 2. The van der Waals surface area contributed by atoms with E-state index in [1.165, 1.54) is 11.2 Å². The molecule has 1 saturated heterocycles. The third kappa shape index (κ3) is 3.20. The normalized spacial score (nSPS) is 15.1. The van der Waals surface area contributed by atoms with Crippen LogP contribution in [0.15, 0.2) is 24.5 Å². The molecule has 0 saturated carbocycles. The number of halogens is 2. The van der Waals surface area contributed by atoms with Crippen LogP contribution in [0.1, 0.15) is 16.8 Å². The van der Waals surface area contributed by atoms with E-state index in [2.05, 4.69) is 9.97 Å². The first-order valence-electron chi connectivity index (χ1n) is 7.70. The fourth-order valence-corrected chi connectivity index (χ4v) is 2.77. The van der Waals surface area contributed by atoms with E-state index in [-0.39, 0.29) is 24.6 Å². The molecule has 0 radical (unpaired) electrons. The molecule has 7 heteroatoms.